The van der Waals surface area contributed by atoms with Crippen molar-refractivity contribution in [1.29, 1.82) is 0 Å². The standard InChI is InChI=1S/C22H23N3O4/c1-22(2,3)21-25-15-10-13(6-7-17(15)29-21)23-20(26)16-9-12-8-14(27-4)11-18(28-5)19(12)24-16/h6-11,24H,1-5H3,(H,23,26). The molecule has 1 amide bonds. The maximum Gasteiger partial charge on any atom is 0.272 e. The van der Waals surface area contributed by atoms with Gasteiger partial charge in [-0.2, -0.15) is 0 Å². The molecule has 2 N–H and O–H groups in total. The van der Waals surface area contributed by atoms with Crippen molar-refractivity contribution in [1.82, 2.24) is 9.97 Å². The van der Waals surface area contributed by atoms with Gasteiger partial charge < -0.3 is 24.2 Å². The zero-order chi connectivity index (χ0) is 20.8. The second-order valence-electron chi connectivity index (χ2n) is 7.88. The molecule has 2 heterocycles. The van der Waals surface area contributed by atoms with Crippen molar-refractivity contribution in [2.75, 3.05) is 19.5 Å². The molecule has 0 unspecified atom stereocenters. The molecule has 0 saturated carbocycles. The van der Waals surface area contributed by atoms with Gasteiger partial charge in [-0.3, -0.25) is 4.79 Å². The van der Waals surface area contributed by atoms with Crippen molar-refractivity contribution < 1.29 is 18.7 Å². The first-order chi connectivity index (χ1) is 13.8. The van der Waals surface area contributed by atoms with Gasteiger partial charge in [-0.15, -0.1) is 0 Å². The van der Waals surface area contributed by atoms with Gasteiger partial charge in [0.25, 0.3) is 5.91 Å². The van der Waals surface area contributed by atoms with Crippen LogP contribution in [0.4, 0.5) is 5.69 Å². The molecule has 150 valence electrons. The minimum Gasteiger partial charge on any atom is -0.497 e. The minimum absolute atomic E-state index is 0.188. The number of H-pyrrole nitrogens is 1. The lowest BCUT2D eigenvalue weighted by Crippen LogP contribution is -2.12. The highest BCUT2D eigenvalue weighted by atomic mass is 16.5. The summed E-state index contributed by atoms with van der Waals surface area (Å²) in [5.41, 5.74) is 3.00. The molecule has 2 aromatic heterocycles. The molecule has 4 aromatic rings. The SMILES string of the molecule is COc1cc(OC)c2[nH]c(C(=O)Nc3ccc4oc(C(C)(C)C)nc4c3)cc2c1. The Kier molecular flexibility index (Phi) is 4.45. The second-order valence-corrected chi connectivity index (χ2v) is 7.88. The Labute approximate surface area is 168 Å². The van der Waals surface area contributed by atoms with Gasteiger partial charge in [0.05, 0.1) is 19.7 Å². The van der Waals surface area contributed by atoms with Crippen LogP contribution in [-0.2, 0) is 5.41 Å². The number of hydrogen-bond acceptors (Lipinski definition) is 5. The summed E-state index contributed by atoms with van der Waals surface area (Å²) in [6.07, 6.45) is 0. The lowest BCUT2D eigenvalue weighted by molar-refractivity contribution is 0.102. The highest BCUT2D eigenvalue weighted by Gasteiger charge is 2.21. The number of methoxy groups -OCH3 is 2. The number of oxazole rings is 1. The van der Waals surface area contributed by atoms with Crippen molar-refractivity contribution >= 4 is 33.6 Å². The number of nitrogens with zero attached hydrogens (tertiary/aromatic N) is 1. The third-order valence-corrected chi connectivity index (χ3v) is 4.65. The predicted molar refractivity (Wildman–Crippen MR) is 112 cm³/mol. The average molecular weight is 393 g/mol. The Balaban J connectivity index is 1.63. The summed E-state index contributed by atoms with van der Waals surface area (Å²) in [6, 6.07) is 10.8. The summed E-state index contributed by atoms with van der Waals surface area (Å²) >= 11 is 0. The van der Waals surface area contributed by atoms with Crippen LogP contribution in [0.3, 0.4) is 0 Å². The van der Waals surface area contributed by atoms with Crippen LogP contribution in [0.15, 0.2) is 40.8 Å². The number of aromatic amines is 1. The molecular weight excluding hydrogens is 370 g/mol. The summed E-state index contributed by atoms with van der Waals surface area (Å²) in [7, 11) is 3.17. The van der Waals surface area contributed by atoms with Crippen LogP contribution in [0.2, 0.25) is 0 Å². The van der Waals surface area contributed by atoms with E-state index in [1.54, 1.807) is 38.5 Å². The van der Waals surface area contributed by atoms with E-state index in [9.17, 15) is 4.79 Å². The number of rotatable bonds is 4. The zero-order valence-electron chi connectivity index (χ0n) is 17.0. The number of aromatic nitrogens is 2. The highest BCUT2D eigenvalue weighted by molar-refractivity contribution is 6.07. The molecule has 0 bridgehead atoms. The Morgan fingerprint density at radius 3 is 2.59 bits per heavy atom. The molecule has 0 aliphatic carbocycles. The Morgan fingerprint density at radius 2 is 1.90 bits per heavy atom. The number of nitrogens with one attached hydrogen (secondary N) is 2. The lowest BCUT2D eigenvalue weighted by atomic mass is 9.97. The largest absolute Gasteiger partial charge is 0.497 e. The van der Waals surface area contributed by atoms with Gasteiger partial charge in [0.1, 0.15) is 22.7 Å². The van der Waals surface area contributed by atoms with E-state index >= 15 is 0 Å². The van der Waals surface area contributed by atoms with Gasteiger partial charge in [-0.1, -0.05) is 20.8 Å². The maximum atomic E-state index is 12.8. The fraction of sp³-hybridized carbons (Fsp3) is 0.273. The lowest BCUT2D eigenvalue weighted by Gasteiger charge is -2.11. The number of carbonyl (C=O) groups is 1. The van der Waals surface area contributed by atoms with Crippen LogP contribution in [0.25, 0.3) is 22.0 Å². The Hall–Kier alpha value is -3.48. The molecular formula is C22H23N3O4. The number of anilines is 1. The van der Waals surface area contributed by atoms with E-state index in [0.29, 0.717) is 39.9 Å². The van der Waals surface area contributed by atoms with Gasteiger partial charge >= 0.3 is 0 Å². The molecule has 0 atom stereocenters. The van der Waals surface area contributed by atoms with E-state index in [2.05, 4.69) is 15.3 Å². The molecule has 0 saturated heterocycles. The van der Waals surface area contributed by atoms with Crippen LogP contribution < -0.4 is 14.8 Å². The molecule has 0 aliphatic heterocycles. The topological polar surface area (TPSA) is 89.4 Å². The van der Waals surface area contributed by atoms with Crippen LogP contribution in [0.1, 0.15) is 37.2 Å². The molecule has 2 aromatic carbocycles. The zero-order valence-corrected chi connectivity index (χ0v) is 17.0. The molecule has 4 rings (SSSR count). The van der Waals surface area contributed by atoms with Crippen molar-refractivity contribution in [2.24, 2.45) is 0 Å². The normalized spacial score (nSPS) is 11.8. The number of fused-ring (bicyclic) bond motifs is 2. The van der Waals surface area contributed by atoms with E-state index in [4.69, 9.17) is 13.9 Å². The summed E-state index contributed by atoms with van der Waals surface area (Å²) in [5, 5.41) is 3.73. The van der Waals surface area contributed by atoms with E-state index in [1.807, 2.05) is 32.9 Å². The average Bonchev–Trinajstić information content (AvgIpc) is 3.30. The molecule has 7 nitrogen and oxygen atoms in total. The van der Waals surface area contributed by atoms with Gasteiger partial charge in [-0.25, -0.2) is 4.98 Å². The fourth-order valence-corrected chi connectivity index (χ4v) is 3.11. The second kappa shape index (κ2) is 6.84. The minimum atomic E-state index is -0.263. The predicted octanol–water partition coefficient (Wildman–Crippen LogP) is 4.88. The molecule has 0 spiro atoms. The third kappa shape index (κ3) is 3.51. The highest BCUT2D eigenvalue weighted by Crippen LogP contribution is 2.32. The quantitative estimate of drug-likeness (QED) is 0.516. The number of benzene rings is 2. The number of carbonyl (C=O) groups excluding carboxylic acids is 1. The number of amides is 1. The van der Waals surface area contributed by atoms with Crippen LogP contribution in [0.5, 0.6) is 11.5 Å². The molecule has 29 heavy (non-hydrogen) atoms. The molecule has 0 fully saturated rings. The van der Waals surface area contributed by atoms with Crippen LogP contribution >= 0.6 is 0 Å². The van der Waals surface area contributed by atoms with Gasteiger partial charge in [-0.05, 0) is 30.3 Å². The van der Waals surface area contributed by atoms with Gasteiger partial charge in [0.15, 0.2) is 5.58 Å². The molecule has 0 radical (unpaired) electrons. The maximum absolute atomic E-state index is 12.8. The van der Waals surface area contributed by atoms with Crippen LogP contribution in [0, 0.1) is 0 Å². The van der Waals surface area contributed by atoms with Gasteiger partial charge in [0.2, 0.25) is 5.89 Å². The summed E-state index contributed by atoms with van der Waals surface area (Å²) in [5.74, 6) is 1.66. The van der Waals surface area contributed by atoms with Crippen molar-refractivity contribution in [3.05, 3.63) is 48.0 Å². The monoisotopic (exact) mass is 393 g/mol. The fourth-order valence-electron chi connectivity index (χ4n) is 3.11. The number of ether oxygens (including phenoxy) is 2. The molecule has 0 aliphatic rings. The van der Waals surface area contributed by atoms with E-state index < -0.39 is 0 Å². The number of hydrogen-bond donors (Lipinski definition) is 2. The van der Waals surface area contributed by atoms with Crippen molar-refractivity contribution in [2.45, 2.75) is 26.2 Å². The van der Waals surface area contributed by atoms with Crippen LogP contribution in [-0.4, -0.2) is 30.1 Å². The first kappa shape index (κ1) is 18.9. The van der Waals surface area contributed by atoms with E-state index in [0.717, 1.165) is 10.9 Å². The third-order valence-electron chi connectivity index (χ3n) is 4.65. The van der Waals surface area contributed by atoms with Gasteiger partial charge in [0, 0.05) is 22.6 Å². The first-order valence-corrected chi connectivity index (χ1v) is 9.25. The summed E-state index contributed by atoms with van der Waals surface area (Å²) in [4.78, 5) is 20.4. The summed E-state index contributed by atoms with van der Waals surface area (Å²) in [6.45, 7) is 6.12. The van der Waals surface area contributed by atoms with Crippen molar-refractivity contribution in [3.63, 3.8) is 0 Å². The van der Waals surface area contributed by atoms with E-state index in [-0.39, 0.29) is 11.3 Å². The molecule has 7 heteroatoms. The summed E-state index contributed by atoms with van der Waals surface area (Å²) < 4.78 is 16.5. The first-order valence-electron chi connectivity index (χ1n) is 9.25. The Morgan fingerprint density at radius 1 is 1.10 bits per heavy atom. The van der Waals surface area contributed by atoms with Crippen molar-refractivity contribution in [3.8, 4) is 11.5 Å². The smallest absolute Gasteiger partial charge is 0.272 e. The van der Waals surface area contributed by atoms with E-state index in [1.165, 1.54) is 0 Å². The Bertz CT molecular complexity index is 1210.